The molecule has 0 aliphatic rings. The normalized spacial score (nSPS) is 11.2. The highest BCUT2D eigenvalue weighted by Gasteiger charge is 2.18. The molecule has 7 heteroatoms. The van der Waals surface area contributed by atoms with E-state index in [1.54, 1.807) is 13.0 Å². The van der Waals surface area contributed by atoms with Crippen LogP contribution in [0.2, 0.25) is 0 Å². The van der Waals surface area contributed by atoms with E-state index < -0.39 is 16.0 Å². The Morgan fingerprint density at radius 1 is 1.14 bits per heavy atom. The molecule has 0 bridgehead atoms. The van der Waals surface area contributed by atoms with E-state index in [1.807, 2.05) is 31.2 Å². The van der Waals surface area contributed by atoms with Gasteiger partial charge < -0.3 is 9.47 Å². The minimum Gasteiger partial charge on any atom is -0.493 e. The standard InChI is InChI=1S/C21H27NO5S/c1-4-14-27-20-10-6-5-8-17(20)9-7-13-22-28(24,25)18-12-11-16(2)19(15-18)21(23)26-3/h5-6,8,10-12,15,22H,4,7,9,13-14H2,1-3H3. The summed E-state index contributed by atoms with van der Waals surface area (Å²) in [5.74, 6) is 0.284. The predicted molar refractivity (Wildman–Crippen MR) is 108 cm³/mol. The van der Waals surface area contributed by atoms with E-state index >= 15 is 0 Å². The summed E-state index contributed by atoms with van der Waals surface area (Å²) in [4.78, 5) is 11.8. The summed E-state index contributed by atoms with van der Waals surface area (Å²) in [5.41, 5.74) is 1.96. The Morgan fingerprint density at radius 3 is 2.61 bits per heavy atom. The third-order valence-corrected chi connectivity index (χ3v) is 5.73. The average Bonchev–Trinajstić information content (AvgIpc) is 2.70. The summed E-state index contributed by atoms with van der Waals surface area (Å²) in [7, 11) is -2.44. The van der Waals surface area contributed by atoms with Gasteiger partial charge in [-0.3, -0.25) is 0 Å². The van der Waals surface area contributed by atoms with E-state index in [9.17, 15) is 13.2 Å². The highest BCUT2D eigenvalue weighted by molar-refractivity contribution is 7.89. The van der Waals surface area contributed by atoms with Gasteiger partial charge in [0.05, 0.1) is 24.2 Å². The van der Waals surface area contributed by atoms with Crippen LogP contribution >= 0.6 is 0 Å². The summed E-state index contributed by atoms with van der Waals surface area (Å²) < 4.78 is 38.1. The average molecular weight is 406 g/mol. The van der Waals surface area contributed by atoms with Gasteiger partial charge in [0.2, 0.25) is 10.0 Å². The van der Waals surface area contributed by atoms with Gasteiger partial charge in [0.1, 0.15) is 5.75 Å². The zero-order valence-electron chi connectivity index (χ0n) is 16.5. The highest BCUT2D eigenvalue weighted by Crippen LogP contribution is 2.20. The minimum atomic E-state index is -3.71. The molecule has 0 saturated heterocycles. The van der Waals surface area contributed by atoms with Crippen LogP contribution in [0.1, 0.15) is 41.3 Å². The molecule has 0 unspecified atom stereocenters. The Bertz CT molecular complexity index is 909. The lowest BCUT2D eigenvalue weighted by Crippen LogP contribution is -2.25. The molecule has 0 spiro atoms. The molecule has 0 aliphatic heterocycles. The van der Waals surface area contributed by atoms with Crippen LogP contribution in [-0.2, 0) is 21.2 Å². The maximum atomic E-state index is 12.5. The SMILES string of the molecule is CCCOc1ccccc1CCCNS(=O)(=O)c1ccc(C)c(C(=O)OC)c1. The first-order valence-corrected chi connectivity index (χ1v) is 10.8. The third-order valence-electron chi connectivity index (χ3n) is 4.27. The van der Waals surface area contributed by atoms with Gasteiger partial charge in [-0.25, -0.2) is 17.9 Å². The van der Waals surface area contributed by atoms with Crippen LogP contribution in [0.15, 0.2) is 47.4 Å². The maximum Gasteiger partial charge on any atom is 0.338 e. The van der Waals surface area contributed by atoms with Crippen LogP contribution in [0.25, 0.3) is 0 Å². The fraction of sp³-hybridized carbons (Fsp3) is 0.381. The second kappa shape index (κ2) is 10.2. The van der Waals surface area contributed by atoms with Gasteiger partial charge >= 0.3 is 5.97 Å². The highest BCUT2D eigenvalue weighted by atomic mass is 32.2. The summed E-state index contributed by atoms with van der Waals surface area (Å²) in [6.45, 7) is 4.72. The number of esters is 1. The van der Waals surface area contributed by atoms with Crippen molar-refractivity contribution in [2.45, 2.75) is 38.0 Å². The molecule has 6 nitrogen and oxygen atoms in total. The molecule has 2 aromatic carbocycles. The summed E-state index contributed by atoms with van der Waals surface area (Å²) in [6.07, 6.45) is 2.25. The van der Waals surface area contributed by atoms with Gasteiger partial charge in [-0.05, 0) is 55.5 Å². The third kappa shape index (κ3) is 5.81. The number of hydrogen-bond acceptors (Lipinski definition) is 5. The lowest BCUT2D eigenvalue weighted by molar-refractivity contribution is 0.0599. The van der Waals surface area contributed by atoms with Crippen molar-refractivity contribution in [1.82, 2.24) is 4.72 Å². The number of nitrogens with one attached hydrogen (secondary N) is 1. The first kappa shape index (κ1) is 21.9. The molecule has 152 valence electrons. The molecule has 0 saturated carbocycles. The second-order valence-corrected chi connectivity index (χ2v) is 8.19. The molecular weight excluding hydrogens is 378 g/mol. The van der Waals surface area contributed by atoms with Crippen molar-refractivity contribution in [1.29, 1.82) is 0 Å². The lowest BCUT2D eigenvalue weighted by Gasteiger charge is -2.12. The van der Waals surface area contributed by atoms with Crippen LogP contribution in [0.4, 0.5) is 0 Å². The largest absolute Gasteiger partial charge is 0.493 e. The monoisotopic (exact) mass is 405 g/mol. The lowest BCUT2D eigenvalue weighted by atomic mass is 10.1. The first-order valence-electron chi connectivity index (χ1n) is 9.28. The Balaban J connectivity index is 1.99. The number of carbonyl (C=O) groups excluding carboxylic acids is 1. The number of aryl methyl sites for hydroxylation is 2. The van der Waals surface area contributed by atoms with Crippen LogP contribution in [0.3, 0.4) is 0 Å². The van der Waals surface area contributed by atoms with Crippen molar-refractivity contribution in [2.24, 2.45) is 0 Å². The molecule has 28 heavy (non-hydrogen) atoms. The number of rotatable bonds is 10. The number of benzene rings is 2. The maximum absolute atomic E-state index is 12.5. The molecule has 0 aliphatic carbocycles. The van der Waals surface area contributed by atoms with Crippen LogP contribution in [0.5, 0.6) is 5.75 Å². The van der Waals surface area contributed by atoms with E-state index in [2.05, 4.69) is 4.72 Å². The molecular formula is C21H27NO5S. The number of ether oxygens (including phenoxy) is 2. The van der Waals surface area contributed by atoms with Crippen LogP contribution in [0, 0.1) is 6.92 Å². The predicted octanol–water partition coefficient (Wildman–Crippen LogP) is 3.48. The number of para-hydroxylation sites is 1. The molecule has 0 fully saturated rings. The van der Waals surface area contributed by atoms with Crippen molar-refractivity contribution in [2.75, 3.05) is 20.3 Å². The molecule has 0 aromatic heterocycles. The van der Waals surface area contributed by atoms with Crippen LogP contribution < -0.4 is 9.46 Å². The molecule has 0 radical (unpaired) electrons. The van der Waals surface area contributed by atoms with Crippen LogP contribution in [-0.4, -0.2) is 34.6 Å². The Hall–Kier alpha value is -2.38. The van der Waals surface area contributed by atoms with Crippen molar-refractivity contribution >= 4 is 16.0 Å². The van der Waals surface area contributed by atoms with E-state index in [1.165, 1.54) is 19.2 Å². The number of carbonyl (C=O) groups is 1. The van der Waals surface area contributed by atoms with Gasteiger partial charge in [0, 0.05) is 6.54 Å². The van der Waals surface area contributed by atoms with Crippen molar-refractivity contribution < 1.29 is 22.7 Å². The Kier molecular flexibility index (Phi) is 8.02. The zero-order chi connectivity index (χ0) is 20.6. The van der Waals surface area contributed by atoms with E-state index in [-0.39, 0.29) is 17.0 Å². The van der Waals surface area contributed by atoms with Crippen molar-refractivity contribution in [3.63, 3.8) is 0 Å². The van der Waals surface area contributed by atoms with E-state index in [0.717, 1.165) is 17.7 Å². The molecule has 0 heterocycles. The van der Waals surface area contributed by atoms with Crippen molar-refractivity contribution in [3.8, 4) is 5.75 Å². The smallest absolute Gasteiger partial charge is 0.338 e. The van der Waals surface area contributed by atoms with Gasteiger partial charge in [0.15, 0.2) is 0 Å². The molecule has 2 rings (SSSR count). The fourth-order valence-corrected chi connectivity index (χ4v) is 3.83. The van der Waals surface area contributed by atoms with E-state index in [4.69, 9.17) is 9.47 Å². The summed E-state index contributed by atoms with van der Waals surface area (Å²) in [5, 5.41) is 0. The second-order valence-electron chi connectivity index (χ2n) is 6.43. The van der Waals surface area contributed by atoms with Gasteiger partial charge in [-0.2, -0.15) is 0 Å². The van der Waals surface area contributed by atoms with Crippen molar-refractivity contribution in [3.05, 3.63) is 59.2 Å². The molecule has 0 atom stereocenters. The summed E-state index contributed by atoms with van der Waals surface area (Å²) >= 11 is 0. The van der Waals surface area contributed by atoms with E-state index in [0.29, 0.717) is 25.0 Å². The zero-order valence-corrected chi connectivity index (χ0v) is 17.3. The van der Waals surface area contributed by atoms with Gasteiger partial charge in [0.25, 0.3) is 0 Å². The summed E-state index contributed by atoms with van der Waals surface area (Å²) in [6, 6.07) is 12.2. The molecule has 2 aromatic rings. The number of methoxy groups -OCH3 is 1. The fourth-order valence-electron chi connectivity index (χ4n) is 2.73. The molecule has 1 N–H and O–H groups in total. The van der Waals surface area contributed by atoms with Gasteiger partial charge in [-0.15, -0.1) is 0 Å². The Morgan fingerprint density at radius 2 is 1.89 bits per heavy atom. The first-order chi connectivity index (χ1) is 13.4. The quantitative estimate of drug-likeness (QED) is 0.483. The molecule has 0 amide bonds. The minimum absolute atomic E-state index is 0.0465. The topological polar surface area (TPSA) is 81.7 Å². The van der Waals surface area contributed by atoms with Gasteiger partial charge in [-0.1, -0.05) is 31.2 Å². The number of sulfonamides is 1. The number of hydrogen-bond donors (Lipinski definition) is 1. The Labute approximate surface area is 166 Å².